The first-order valence-corrected chi connectivity index (χ1v) is 6.84. The van der Waals surface area contributed by atoms with Crippen LogP contribution in [0.3, 0.4) is 0 Å². The molecule has 2 aromatic heterocycles. The third kappa shape index (κ3) is 4.49. The summed E-state index contributed by atoms with van der Waals surface area (Å²) in [6.07, 6.45) is 8.32. The van der Waals surface area contributed by atoms with Gasteiger partial charge in [0.1, 0.15) is 5.75 Å². The monoisotopic (exact) mass is 511 g/mol. The Morgan fingerprint density at radius 2 is 2.00 bits per heavy atom. The number of rotatable bonds is 3. The quantitative estimate of drug-likeness (QED) is 0.281. The number of nitrogen functional groups attached to an aromatic ring is 1. The van der Waals surface area contributed by atoms with Gasteiger partial charge in [-0.15, -0.1) is 0 Å². The number of allylic oxidation sites excluding steroid dienone is 2. The summed E-state index contributed by atoms with van der Waals surface area (Å²) in [7, 11) is 0. The van der Waals surface area contributed by atoms with Crippen molar-refractivity contribution >= 4 is 28.9 Å². The molecule has 3 rings (SSSR count). The minimum Gasteiger partial charge on any atom is -0.693 e. The number of benzene rings is 1. The fourth-order valence-corrected chi connectivity index (χ4v) is 2.17. The molecule has 9 heteroatoms. The normalized spacial score (nSPS) is 11.4. The van der Waals surface area contributed by atoms with E-state index in [0.717, 1.165) is 5.57 Å². The number of nitrogens with one attached hydrogen (secondary N) is 1. The molecule has 0 aliphatic carbocycles. The Hall–Kier alpha value is -2.57. The third-order valence-electron chi connectivity index (χ3n) is 3.28. The number of anilines is 1. The van der Waals surface area contributed by atoms with E-state index in [-0.39, 0.29) is 38.7 Å². The minimum absolute atomic E-state index is 0. The number of nitrogens with two attached hydrogens (primary N) is 2. The zero-order valence-corrected chi connectivity index (χ0v) is 16.2. The second-order valence-electron chi connectivity index (χ2n) is 5.01. The molecule has 1 aromatic carbocycles. The maximum absolute atomic E-state index is 12.8. The van der Waals surface area contributed by atoms with E-state index in [1.54, 1.807) is 30.6 Å². The van der Waals surface area contributed by atoms with Gasteiger partial charge in [-0.2, -0.15) is 9.49 Å². The van der Waals surface area contributed by atoms with E-state index in [0.29, 0.717) is 22.3 Å². The third-order valence-corrected chi connectivity index (χ3v) is 3.28. The van der Waals surface area contributed by atoms with Crippen molar-refractivity contribution in [3.05, 3.63) is 59.5 Å². The molecule has 25 heavy (non-hydrogen) atoms. The average Bonchev–Trinajstić information content (AvgIpc) is 2.95. The molecule has 0 saturated heterocycles. The van der Waals surface area contributed by atoms with Gasteiger partial charge in [0.15, 0.2) is 0 Å². The van der Waals surface area contributed by atoms with Gasteiger partial charge in [-0.25, -0.2) is 0 Å². The number of nitrogens with zero attached hydrogens (tertiary/aromatic N) is 3. The standard InChI is InChI=1S/C16H14FN5O.H2N.W/c1-9(2-3-10-7-14(17)22-21-10)6-11-15(18)13(23)8-12-16(11)20-5-4-19-12;;/h2-8,23H,18H2,1H3,(H,21,22);1H2;/q;-1;/b3-2-,9-6+;;. The van der Waals surface area contributed by atoms with Crippen molar-refractivity contribution in [3.8, 4) is 5.75 Å². The SMILES string of the molecule is CC(/C=C\c1cc(F)[nH]n1)=C\c1c(N)c(O)cc2nccnc12.[NH2-].[W]. The van der Waals surface area contributed by atoms with Gasteiger partial charge in [0.25, 0.3) is 0 Å². The Kier molecular flexibility index (Phi) is 6.96. The van der Waals surface area contributed by atoms with Crippen LogP contribution in [-0.2, 0) is 21.1 Å². The number of aromatic hydroxyl groups is 1. The summed E-state index contributed by atoms with van der Waals surface area (Å²) in [5.41, 5.74) is 9.23. The molecule has 0 amide bonds. The Morgan fingerprint density at radius 1 is 1.28 bits per heavy atom. The molecule has 0 saturated carbocycles. The topological polar surface area (TPSA) is 134 Å². The summed E-state index contributed by atoms with van der Waals surface area (Å²) < 4.78 is 12.8. The van der Waals surface area contributed by atoms with E-state index in [4.69, 9.17) is 5.73 Å². The van der Waals surface area contributed by atoms with Gasteiger partial charge >= 0.3 is 0 Å². The van der Waals surface area contributed by atoms with Crippen molar-refractivity contribution in [2.75, 3.05) is 5.73 Å². The van der Waals surface area contributed by atoms with Crippen LogP contribution in [0.5, 0.6) is 5.75 Å². The van der Waals surface area contributed by atoms with Crippen molar-refractivity contribution in [1.29, 1.82) is 0 Å². The molecule has 0 radical (unpaired) electrons. The minimum atomic E-state index is -0.496. The van der Waals surface area contributed by atoms with Crippen molar-refractivity contribution in [1.82, 2.24) is 20.2 Å². The number of phenolic OH excluding ortho intramolecular Hbond substituents is 1. The Morgan fingerprint density at radius 3 is 2.68 bits per heavy atom. The van der Waals surface area contributed by atoms with Crippen molar-refractivity contribution in [3.63, 3.8) is 0 Å². The zero-order valence-electron chi connectivity index (χ0n) is 13.3. The van der Waals surface area contributed by atoms with Gasteiger partial charge in [0, 0.05) is 51.2 Å². The van der Waals surface area contributed by atoms with Crippen LogP contribution in [-0.4, -0.2) is 25.3 Å². The van der Waals surface area contributed by atoms with E-state index in [1.165, 1.54) is 12.1 Å². The molecule has 3 aromatic rings. The number of hydrogen-bond donors (Lipinski definition) is 3. The van der Waals surface area contributed by atoms with Gasteiger partial charge in [-0.05, 0) is 19.1 Å². The Bertz CT molecular complexity index is 938. The Labute approximate surface area is 157 Å². The van der Waals surface area contributed by atoms with Crippen molar-refractivity contribution in [2.45, 2.75) is 6.92 Å². The molecule has 0 aliphatic heterocycles. The Balaban J connectivity index is 0.00000156. The van der Waals surface area contributed by atoms with Crippen molar-refractivity contribution in [2.24, 2.45) is 0 Å². The van der Waals surface area contributed by atoms with Gasteiger partial charge < -0.3 is 17.0 Å². The molecule has 130 valence electrons. The predicted octanol–water partition coefficient (Wildman–Crippen LogP) is 3.61. The number of aromatic amines is 1. The second kappa shape index (κ2) is 8.50. The molecule has 7 nitrogen and oxygen atoms in total. The second-order valence-corrected chi connectivity index (χ2v) is 5.01. The maximum atomic E-state index is 12.8. The summed E-state index contributed by atoms with van der Waals surface area (Å²) in [4.78, 5) is 8.43. The van der Waals surface area contributed by atoms with E-state index in [1.807, 2.05) is 6.92 Å². The molecule has 0 unspecified atom stereocenters. The van der Waals surface area contributed by atoms with E-state index < -0.39 is 5.95 Å². The summed E-state index contributed by atoms with van der Waals surface area (Å²) in [5.74, 6) is -0.542. The fraction of sp³-hybridized carbons (Fsp3) is 0.0625. The molecule has 6 N–H and O–H groups in total. The molecule has 0 aliphatic rings. The van der Waals surface area contributed by atoms with Crippen LogP contribution in [0.1, 0.15) is 18.2 Å². The smallest absolute Gasteiger partial charge is 0.209 e. The van der Waals surface area contributed by atoms with Gasteiger partial charge in [-0.1, -0.05) is 11.6 Å². The first-order chi connectivity index (χ1) is 11.0. The molecule has 0 spiro atoms. The van der Waals surface area contributed by atoms with E-state index in [2.05, 4.69) is 20.2 Å². The zero-order chi connectivity index (χ0) is 16.4. The first-order valence-electron chi connectivity index (χ1n) is 6.84. The molecular formula is C16H16FN6OW-. The van der Waals surface area contributed by atoms with Gasteiger partial charge in [0.2, 0.25) is 5.95 Å². The van der Waals surface area contributed by atoms with Crippen LogP contribution in [0.2, 0.25) is 0 Å². The summed E-state index contributed by atoms with van der Waals surface area (Å²) >= 11 is 0. The van der Waals surface area contributed by atoms with Gasteiger partial charge in [-0.3, -0.25) is 15.1 Å². The predicted molar refractivity (Wildman–Crippen MR) is 92.1 cm³/mol. The van der Waals surface area contributed by atoms with Crippen LogP contribution in [0, 0.1) is 5.95 Å². The molecule has 0 fully saturated rings. The number of halogens is 1. The summed E-state index contributed by atoms with van der Waals surface area (Å²) in [5, 5.41) is 15.9. The van der Waals surface area contributed by atoms with Crippen LogP contribution >= 0.6 is 0 Å². The average molecular weight is 511 g/mol. The number of hydrogen-bond acceptors (Lipinski definition) is 5. The number of aromatic nitrogens is 4. The van der Waals surface area contributed by atoms with Crippen LogP contribution in [0.15, 0.2) is 36.2 Å². The van der Waals surface area contributed by atoms with E-state index >= 15 is 0 Å². The summed E-state index contributed by atoms with van der Waals surface area (Å²) in [6.45, 7) is 1.85. The fourth-order valence-electron chi connectivity index (χ4n) is 2.17. The van der Waals surface area contributed by atoms with Crippen LogP contribution < -0.4 is 5.73 Å². The van der Waals surface area contributed by atoms with Crippen LogP contribution in [0.25, 0.3) is 29.3 Å². The van der Waals surface area contributed by atoms with Crippen LogP contribution in [0.4, 0.5) is 10.1 Å². The molecular weight excluding hydrogens is 495 g/mol. The van der Waals surface area contributed by atoms with Crippen molar-refractivity contribution < 1.29 is 30.6 Å². The number of H-pyrrole nitrogens is 1. The number of fused-ring (bicyclic) bond motifs is 1. The summed E-state index contributed by atoms with van der Waals surface area (Å²) in [6, 6.07) is 2.76. The maximum Gasteiger partial charge on any atom is 0.209 e. The largest absolute Gasteiger partial charge is 0.693 e. The van der Waals surface area contributed by atoms with Gasteiger partial charge in [0.05, 0.1) is 22.4 Å². The molecule has 0 atom stereocenters. The van der Waals surface area contributed by atoms with E-state index in [9.17, 15) is 9.50 Å². The molecule has 0 bridgehead atoms. The number of phenols is 1. The first kappa shape index (κ1) is 20.5. The molecule has 2 heterocycles.